The van der Waals surface area contributed by atoms with Crippen LogP contribution in [-0.4, -0.2) is 36.5 Å². The van der Waals surface area contributed by atoms with Gasteiger partial charge >= 0.3 is 0 Å². The number of hydrogen-bond donors (Lipinski definition) is 1. The molecule has 2 atom stereocenters. The normalized spacial score (nSPS) is 23.5. The number of sulfonamides is 1. The number of halogens is 2. The molecule has 2 unspecified atom stereocenters. The molecule has 1 N–H and O–H groups in total. The van der Waals surface area contributed by atoms with Crippen molar-refractivity contribution in [3.63, 3.8) is 0 Å². The van der Waals surface area contributed by atoms with Crippen LogP contribution in [0.4, 0.5) is 0 Å². The van der Waals surface area contributed by atoms with Gasteiger partial charge in [0.25, 0.3) is 0 Å². The molecule has 0 saturated carbocycles. The van der Waals surface area contributed by atoms with Crippen LogP contribution in [0.1, 0.15) is 26.2 Å². The molecule has 108 valence electrons. The molecule has 0 aliphatic carbocycles. The first-order valence-corrected chi connectivity index (χ1v) is 9.00. The standard InChI is InChI=1S/C11H15Cl2NO3S2/c1-7(15)8-4-2-3-5-14(8)19(16,17)9-6-10(12)18-11(9)13/h6-8,15H,2-5H2,1H3. The Bertz CT molecular complexity index is 556. The van der Waals surface area contributed by atoms with Gasteiger partial charge in [0, 0.05) is 6.54 Å². The lowest BCUT2D eigenvalue weighted by molar-refractivity contribution is 0.0831. The molecule has 1 aliphatic rings. The van der Waals surface area contributed by atoms with Crippen molar-refractivity contribution in [1.29, 1.82) is 0 Å². The highest BCUT2D eigenvalue weighted by atomic mass is 35.5. The lowest BCUT2D eigenvalue weighted by Gasteiger charge is -2.36. The monoisotopic (exact) mass is 343 g/mol. The summed E-state index contributed by atoms with van der Waals surface area (Å²) in [5.41, 5.74) is 0. The van der Waals surface area contributed by atoms with Crippen molar-refractivity contribution in [1.82, 2.24) is 4.31 Å². The zero-order valence-corrected chi connectivity index (χ0v) is 13.5. The van der Waals surface area contributed by atoms with Crippen molar-refractivity contribution in [2.75, 3.05) is 6.54 Å². The molecule has 1 saturated heterocycles. The predicted molar refractivity (Wildman–Crippen MR) is 77.6 cm³/mol. The quantitative estimate of drug-likeness (QED) is 0.917. The first-order valence-electron chi connectivity index (χ1n) is 5.99. The van der Waals surface area contributed by atoms with E-state index >= 15 is 0 Å². The summed E-state index contributed by atoms with van der Waals surface area (Å²) in [7, 11) is -3.70. The molecule has 4 nitrogen and oxygen atoms in total. The number of rotatable bonds is 3. The van der Waals surface area contributed by atoms with Gasteiger partial charge in [-0.05, 0) is 25.8 Å². The molecule has 0 amide bonds. The number of hydrogen-bond acceptors (Lipinski definition) is 4. The van der Waals surface area contributed by atoms with Gasteiger partial charge < -0.3 is 5.11 Å². The maximum atomic E-state index is 12.6. The Morgan fingerprint density at radius 3 is 2.68 bits per heavy atom. The highest BCUT2D eigenvalue weighted by Crippen LogP contribution is 2.37. The number of aliphatic hydroxyl groups is 1. The van der Waals surface area contributed by atoms with E-state index in [9.17, 15) is 13.5 Å². The molecule has 1 aromatic heterocycles. The van der Waals surface area contributed by atoms with Gasteiger partial charge in [0.1, 0.15) is 9.23 Å². The van der Waals surface area contributed by atoms with Gasteiger partial charge in [-0.15, -0.1) is 11.3 Å². The molecule has 0 bridgehead atoms. The molecular formula is C11H15Cl2NO3S2. The van der Waals surface area contributed by atoms with Crippen molar-refractivity contribution in [3.05, 3.63) is 14.7 Å². The maximum absolute atomic E-state index is 12.6. The van der Waals surface area contributed by atoms with E-state index in [2.05, 4.69) is 0 Å². The molecule has 8 heteroatoms. The topological polar surface area (TPSA) is 57.6 Å². The lowest BCUT2D eigenvalue weighted by atomic mass is 10.0. The van der Waals surface area contributed by atoms with Gasteiger partial charge in [-0.2, -0.15) is 4.31 Å². The molecule has 1 fully saturated rings. The number of thiophene rings is 1. The third kappa shape index (κ3) is 3.09. The Morgan fingerprint density at radius 1 is 1.47 bits per heavy atom. The molecule has 0 spiro atoms. The Labute approximate surface area is 127 Å². The largest absolute Gasteiger partial charge is 0.392 e. The maximum Gasteiger partial charge on any atom is 0.245 e. The summed E-state index contributed by atoms with van der Waals surface area (Å²) >= 11 is 12.8. The predicted octanol–water partition coefficient (Wildman–Crippen LogP) is 2.98. The van der Waals surface area contributed by atoms with E-state index in [1.165, 1.54) is 10.4 Å². The first-order chi connectivity index (χ1) is 8.84. The Hall–Kier alpha value is 0.150. The summed E-state index contributed by atoms with van der Waals surface area (Å²) in [6.07, 6.45) is 1.66. The van der Waals surface area contributed by atoms with Crippen LogP contribution >= 0.6 is 34.5 Å². The minimum absolute atomic E-state index is 0.0386. The third-order valence-corrected chi connectivity index (χ3v) is 6.94. The Morgan fingerprint density at radius 2 is 2.16 bits per heavy atom. The Kier molecular flexibility index (Phi) is 4.80. The highest BCUT2D eigenvalue weighted by Gasteiger charge is 2.37. The molecule has 19 heavy (non-hydrogen) atoms. The summed E-state index contributed by atoms with van der Waals surface area (Å²) in [6.45, 7) is 2.02. The second-order valence-corrected chi connectivity index (χ2v) is 8.75. The van der Waals surface area contributed by atoms with Crippen LogP contribution in [0.15, 0.2) is 11.0 Å². The van der Waals surface area contributed by atoms with E-state index < -0.39 is 22.2 Å². The second kappa shape index (κ2) is 5.87. The van der Waals surface area contributed by atoms with Gasteiger partial charge in [-0.3, -0.25) is 0 Å². The molecular weight excluding hydrogens is 329 g/mol. The number of piperidine rings is 1. The fourth-order valence-corrected chi connectivity index (χ4v) is 6.21. The molecule has 2 heterocycles. The average Bonchev–Trinajstić information content (AvgIpc) is 2.69. The molecule has 1 aromatic rings. The molecule has 2 rings (SSSR count). The van der Waals surface area contributed by atoms with Crippen LogP contribution < -0.4 is 0 Å². The number of nitrogens with zero attached hydrogens (tertiary/aromatic N) is 1. The summed E-state index contributed by atoms with van der Waals surface area (Å²) in [4.78, 5) is 0.0386. The van der Waals surface area contributed by atoms with Crippen LogP contribution in [0.3, 0.4) is 0 Å². The van der Waals surface area contributed by atoms with E-state index in [1.54, 1.807) is 6.92 Å². The smallest absolute Gasteiger partial charge is 0.245 e. The summed E-state index contributed by atoms with van der Waals surface area (Å²) < 4.78 is 27.1. The number of aliphatic hydroxyl groups excluding tert-OH is 1. The SMILES string of the molecule is CC(O)C1CCCCN1S(=O)(=O)c1cc(Cl)sc1Cl. The van der Waals surface area contributed by atoms with Crippen LogP contribution in [-0.2, 0) is 10.0 Å². The van der Waals surface area contributed by atoms with Crippen molar-refractivity contribution in [3.8, 4) is 0 Å². The fourth-order valence-electron chi connectivity index (χ4n) is 2.34. The van der Waals surface area contributed by atoms with Gasteiger partial charge in [-0.25, -0.2) is 8.42 Å². The Balaban J connectivity index is 2.40. The van der Waals surface area contributed by atoms with E-state index in [0.29, 0.717) is 17.3 Å². The van der Waals surface area contributed by atoms with E-state index in [-0.39, 0.29) is 9.23 Å². The van der Waals surface area contributed by atoms with Crippen LogP contribution in [0.2, 0.25) is 8.67 Å². The molecule has 1 aliphatic heterocycles. The van der Waals surface area contributed by atoms with Crippen molar-refractivity contribution < 1.29 is 13.5 Å². The summed E-state index contributed by atoms with van der Waals surface area (Å²) in [5.74, 6) is 0. The van der Waals surface area contributed by atoms with Gasteiger partial charge in [0.2, 0.25) is 10.0 Å². The molecule has 0 radical (unpaired) electrons. The van der Waals surface area contributed by atoms with Crippen LogP contribution in [0, 0.1) is 0 Å². The average molecular weight is 344 g/mol. The third-order valence-electron chi connectivity index (χ3n) is 3.27. The minimum Gasteiger partial charge on any atom is -0.392 e. The van der Waals surface area contributed by atoms with Crippen molar-refractivity contribution in [2.45, 2.75) is 43.2 Å². The zero-order chi connectivity index (χ0) is 14.2. The summed E-state index contributed by atoms with van der Waals surface area (Å²) in [6, 6.07) is 0.978. The van der Waals surface area contributed by atoms with Crippen molar-refractivity contribution in [2.24, 2.45) is 0 Å². The second-order valence-electron chi connectivity index (χ2n) is 4.61. The fraction of sp³-hybridized carbons (Fsp3) is 0.636. The van der Waals surface area contributed by atoms with Crippen LogP contribution in [0.5, 0.6) is 0 Å². The van der Waals surface area contributed by atoms with Crippen LogP contribution in [0.25, 0.3) is 0 Å². The van der Waals surface area contributed by atoms with Crippen molar-refractivity contribution >= 4 is 44.6 Å². The van der Waals surface area contributed by atoms with E-state index in [1.807, 2.05) is 0 Å². The van der Waals surface area contributed by atoms with E-state index in [4.69, 9.17) is 23.2 Å². The molecule has 0 aromatic carbocycles. The van der Waals surface area contributed by atoms with Gasteiger partial charge in [0.05, 0.1) is 16.5 Å². The highest BCUT2D eigenvalue weighted by molar-refractivity contribution is 7.89. The van der Waals surface area contributed by atoms with Gasteiger partial charge in [-0.1, -0.05) is 29.6 Å². The minimum atomic E-state index is -3.70. The first kappa shape index (κ1) is 15.5. The summed E-state index contributed by atoms with van der Waals surface area (Å²) in [5, 5.41) is 9.77. The van der Waals surface area contributed by atoms with Gasteiger partial charge in [0.15, 0.2) is 0 Å². The zero-order valence-electron chi connectivity index (χ0n) is 10.3. The van der Waals surface area contributed by atoms with E-state index in [0.717, 1.165) is 24.2 Å². The lowest BCUT2D eigenvalue weighted by Crippen LogP contribution is -2.48.